The van der Waals surface area contributed by atoms with Crippen LogP contribution in [-0.4, -0.2) is 29.4 Å². The Morgan fingerprint density at radius 2 is 2.35 bits per heavy atom. The van der Waals surface area contributed by atoms with Gasteiger partial charge in [-0.15, -0.1) is 0 Å². The topological polar surface area (TPSA) is 56.1 Å². The van der Waals surface area contributed by atoms with Crippen molar-refractivity contribution in [2.45, 2.75) is 38.3 Å². The molecule has 0 spiro atoms. The quantitative estimate of drug-likeness (QED) is 0.916. The molecular formula is C16H19N3O. The molecule has 20 heavy (non-hydrogen) atoms. The van der Waals surface area contributed by atoms with Gasteiger partial charge in [-0.2, -0.15) is 5.26 Å². The number of nitrogens with zero attached hydrogens (tertiary/aromatic N) is 2. The minimum absolute atomic E-state index is 0.0210. The average molecular weight is 269 g/mol. The number of piperidine rings is 1. The van der Waals surface area contributed by atoms with Gasteiger partial charge >= 0.3 is 0 Å². The fourth-order valence-electron chi connectivity index (χ4n) is 3.50. The fourth-order valence-corrected chi connectivity index (χ4v) is 3.50. The van der Waals surface area contributed by atoms with E-state index in [0.717, 1.165) is 12.5 Å². The number of hydrogen-bond acceptors (Lipinski definition) is 3. The molecule has 0 aromatic heterocycles. The first-order chi connectivity index (χ1) is 9.67. The second kappa shape index (κ2) is 5.26. The summed E-state index contributed by atoms with van der Waals surface area (Å²) in [6.07, 6.45) is 3.80. The summed E-state index contributed by atoms with van der Waals surface area (Å²) < 4.78 is 0. The van der Waals surface area contributed by atoms with Crippen LogP contribution in [0.5, 0.6) is 0 Å². The van der Waals surface area contributed by atoms with Gasteiger partial charge in [0.15, 0.2) is 0 Å². The summed E-state index contributed by atoms with van der Waals surface area (Å²) >= 11 is 0. The lowest BCUT2D eigenvalue weighted by Crippen LogP contribution is -2.46. The van der Waals surface area contributed by atoms with Gasteiger partial charge in [0.1, 0.15) is 0 Å². The van der Waals surface area contributed by atoms with E-state index in [1.54, 1.807) is 18.2 Å². The van der Waals surface area contributed by atoms with Crippen molar-refractivity contribution >= 4 is 11.6 Å². The van der Waals surface area contributed by atoms with E-state index in [0.29, 0.717) is 17.3 Å². The predicted octanol–water partition coefficient (Wildman–Crippen LogP) is 2.37. The highest BCUT2D eigenvalue weighted by molar-refractivity contribution is 5.94. The number of anilines is 1. The van der Waals surface area contributed by atoms with Crippen LogP contribution in [0, 0.1) is 17.2 Å². The molecule has 0 radical (unpaired) electrons. The lowest BCUT2D eigenvalue weighted by Gasteiger charge is -2.31. The normalized spacial score (nSPS) is 26.2. The van der Waals surface area contributed by atoms with E-state index in [-0.39, 0.29) is 11.9 Å². The first-order valence-corrected chi connectivity index (χ1v) is 7.24. The zero-order chi connectivity index (χ0) is 14.1. The maximum atomic E-state index is 12.3. The summed E-state index contributed by atoms with van der Waals surface area (Å²) in [6.45, 7) is 3.03. The molecule has 2 fully saturated rings. The molecular weight excluding hydrogens is 250 g/mol. The highest BCUT2D eigenvalue weighted by atomic mass is 16.2. The first kappa shape index (κ1) is 13.1. The van der Waals surface area contributed by atoms with E-state index < -0.39 is 0 Å². The molecule has 2 aliphatic rings. The molecule has 1 saturated heterocycles. The van der Waals surface area contributed by atoms with E-state index >= 15 is 0 Å². The van der Waals surface area contributed by atoms with Crippen LogP contribution in [0.3, 0.4) is 0 Å². The van der Waals surface area contributed by atoms with Gasteiger partial charge in [0.2, 0.25) is 5.91 Å². The van der Waals surface area contributed by atoms with Crippen molar-refractivity contribution in [2.24, 2.45) is 5.92 Å². The molecule has 1 saturated carbocycles. The number of amides is 1. The van der Waals surface area contributed by atoms with Crippen molar-refractivity contribution in [2.75, 3.05) is 11.9 Å². The molecule has 1 N–H and O–H groups in total. The van der Waals surface area contributed by atoms with Crippen LogP contribution in [0.15, 0.2) is 24.3 Å². The molecule has 1 aliphatic carbocycles. The Labute approximate surface area is 119 Å². The van der Waals surface area contributed by atoms with E-state index in [1.807, 2.05) is 13.0 Å². The molecule has 1 aromatic rings. The first-order valence-electron chi connectivity index (χ1n) is 7.24. The predicted molar refractivity (Wildman–Crippen MR) is 77.1 cm³/mol. The van der Waals surface area contributed by atoms with Crippen molar-refractivity contribution < 1.29 is 4.79 Å². The fraction of sp³-hybridized carbons (Fsp3) is 0.500. The number of fused-ring (bicyclic) bond motifs is 2. The molecule has 4 heteroatoms. The maximum absolute atomic E-state index is 12.3. The number of rotatable bonds is 3. The molecule has 104 valence electrons. The number of carbonyl (C=O) groups excluding carboxylic acids is 1. The van der Waals surface area contributed by atoms with Crippen molar-refractivity contribution in [3.8, 4) is 6.07 Å². The molecule has 1 heterocycles. The van der Waals surface area contributed by atoms with Gasteiger partial charge in [0, 0.05) is 18.3 Å². The van der Waals surface area contributed by atoms with Crippen LogP contribution in [0.2, 0.25) is 0 Å². The zero-order valence-corrected chi connectivity index (χ0v) is 11.7. The van der Waals surface area contributed by atoms with E-state index in [9.17, 15) is 4.79 Å². The lowest BCUT2D eigenvalue weighted by atomic mass is 10.1. The monoisotopic (exact) mass is 269 g/mol. The third-order valence-corrected chi connectivity index (χ3v) is 4.59. The zero-order valence-electron chi connectivity index (χ0n) is 11.7. The molecule has 1 amide bonds. The molecule has 1 aromatic carbocycles. The average Bonchev–Trinajstić information content (AvgIpc) is 3.09. The highest BCUT2D eigenvalue weighted by Gasteiger charge is 2.41. The summed E-state index contributed by atoms with van der Waals surface area (Å²) in [6, 6.07) is 9.63. The third kappa shape index (κ3) is 2.41. The van der Waals surface area contributed by atoms with E-state index in [2.05, 4.69) is 16.3 Å². The third-order valence-electron chi connectivity index (χ3n) is 4.59. The minimum atomic E-state index is -0.101. The van der Waals surface area contributed by atoms with Crippen LogP contribution < -0.4 is 5.32 Å². The van der Waals surface area contributed by atoms with Crippen LogP contribution in [0.1, 0.15) is 31.7 Å². The van der Waals surface area contributed by atoms with Crippen LogP contribution in [-0.2, 0) is 4.79 Å². The molecule has 3 unspecified atom stereocenters. The van der Waals surface area contributed by atoms with Gasteiger partial charge in [-0.3, -0.25) is 9.69 Å². The Balaban J connectivity index is 1.65. The molecule has 2 bridgehead atoms. The Morgan fingerprint density at radius 3 is 3.00 bits per heavy atom. The lowest BCUT2D eigenvalue weighted by molar-refractivity contribution is -0.121. The summed E-state index contributed by atoms with van der Waals surface area (Å²) in [7, 11) is 0. The van der Waals surface area contributed by atoms with Gasteiger partial charge < -0.3 is 5.32 Å². The SMILES string of the molecule is CC(C(=O)Nc1cccc(C#N)c1)N1CC2CCC1C2. The largest absolute Gasteiger partial charge is 0.325 e. The van der Waals surface area contributed by atoms with Crippen LogP contribution in [0.4, 0.5) is 5.69 Å². The van der Waals surface area contributed by atoms with E-state index in [4.69, 9.17) is 5.26 Å². The Bertz CT molecular complexity index is 563. The molecule has 4 nitrogen and oxygen atoms in total. The smallest absolute Gasteiger partial charge is 0.241 e. The summed E-state index contributed by atoms with van der Waals surface area (Å²) in [4.78, 5) is 14.7. The van der Waals surface area contributed by atoms with Gasteiger partial charge in [0.25, 0.3) is 0 Å². The maximum Gasteiger partial charge on any atom is 0.241 e. The van der Waals surface area contributed by atoms with Crippen molar-refractivity contribution in [1.82, 2.24) is 4.90 Å². The summed E-state index contributed by atoms with van der Waals surface area (Å²) in [5, 5.41) is 11.8. The highest BCUT2D eigenvalue weighted by Crippen LogP contribution is 2.38. The summed E-state index contributed by atoms with van der Waals surface area (Å²) in [5.41, 5.74) is 1.26. The Kier molecular flexibility index (Phi) is 3.45. The minimum Gasteiger partial charge on any atom is -0.325 e. The number of nitriles is 1. The number of benzene rings is 1. The second-order valence-corrected chi connectivity index (χ2v) is 5.89. The Hall–Kier alpha value is -1.86. The van der Waals surface area contributed by atoms with Crippen molar-refractivity contribution in [3.63, 3.8) is 0 Å². The molecule has 1 aliphatic heterocycles. The number of hydrogen-bond donors (Lipinski definition) is 1. The van der Waals surface area contributed by atoms with Crippen molar-refractivity contribution in [1.29, 1.82) is 5.26 Å². The molecule has 3 atom stereocenters. The summed E-state index contributed by atoms with van der Waals surface area (Å²) in [5.74, 6) is 0.810. The van der Waals surface area contributed by atoms with Gasteiger partial charge in [0.05, 0.1) is 17.7 Å². The van der Waals surface area contributed by atoms with Gasteiger partial charge in [-0.25, -0.2) is 0 Å². The van der Waals surface area contributed by atoms with Crippen LogP contribution in [0.25, 0.3) is 0 Å². The molecule has 3 rings (SSSR count). The Morgan fingerprint density at radius 1 is 1.50 bits per heavy atom. The number of likely N-dealkylation sites (tertiary alicyclic amines) is 1. The van der Waals surface area contributed by atoms with Gasteiger partial charge in [-0.05, 0) is 50.3 Å². The second-order valence-electron chi connectivity index (χ2n) is 5.89. The van der Waals surface area contributed by atoms with Crippen LogP contribution >= 0.6 is 0 Å². The number of carbonyl (C=O) groups is 1. The number of nitrogens with one attached hydrogen (secondary N) is 1. The van der Waals surface area contributed by atoms with E-state index in [1.165, 1.54) is 19.3 Å². The standard InChI is InChI=1S/C16H19N3O/c1-11(19-10-13-5-6-15(19)8-13)16(20)18-14-4-2-3-12(7-14)9-17/h2-4,7,11,13,15H,5-6,8,10H2,1H3,(H,18,20). The van der Waals surface area contributed by atoms with Gasteiger partial charge in [-0.1, -0.05) is 6.07 Å². The van der Waals surface area contributed by atoms with Crippen molar-refractivity contribution in [3.05, 3.63) is 29.8 Å².